The molecule has 0 radical (unpaired) electrons. The van der Waals surface area contributed by atoms with Gasteiger partial charge in [0.05, 0.1) is 12.7 Å². The number of alkyl halides is 2. The molecule has 0 spiro atoms. The Morgan fingerprint density at radius 2 is 1.88 bits per heavy atom. The third-order valence-electron chi connectivity index (χ3n) is 3.40. The first-order chi connectivity index (χ1) is 12.5. The third-order valence-corrected chi connectivity index (χ3v) is 3.40. The standard InChI is InChI=1S/C18H19F2NO5/c19-18(20)26-15-5-3-13(4-6-15)9-10-21-16(22)12-25-17(23)8-7-14-2-1-11-24-14/h1-6,11,18H,7-10,12H2,(H,21,22). The summed E-state index contributed by atoms with van der Waals surface area (Å²) in [5.41, 5.74) is 0.849. The molecule has 0 aliphatic heterocycles. The number of aryl methyl sites for hydroxylation is 1. The van der Waals surface area contributed by atoms with Gasteiger partial charge in [-0.05, 0) is 36.2 Å². The molecule has 0 unspecified atom stereocenters. The summed E-state index contributed by atoms with van der Waals surface area (Å²) in [6.07, 6.45) is 2.58. The second-order valence-corrected chi connectivity index (χ2v) is 5.36. The SMILES string of the molecule is O=C(COC(=O)CCc1ccco1)NCCc1ccc(OC(F)F)cc1. The lowest BCUT2D eigenvalue weighted by molar-refractivity contribution is -0.148. The van der Waals surface area contributed by atoms with Gasteiger partial charge in [-0.15, -0.1) is 0 Å². The first-order valence-electron chi connectivity index (χ1n) is 8.01. The molecule has 0 saturated heterocycles. The molecule has 0 aliphatic rings. The molecule has 1 heterocycles. The van der Waals surface area contributed by atoms with Crippen molar-refractivity contribution in [2.75, 3.05) is 13.2 Å². The summed E-state index contributed by atoms with van der Waals surface area (Å²) >= 11 is 0. The number of amides is 1. The van der Waals surface area contributed by atoms with Crippen LogP contribution in [0, 0.1) is 0 Å². The average Bonchev–Trinajstić information content (AvgIpc) is 3.13. The number of carbonyl (C=O) groups excluding carboxylic acids is 2. The topological polar surface area (TPSA) is 77.8 Å². The number of furan rings is 1. The van der Waals surface area contributed by atoms with E-state index in [1.54, 1.807) is 24.3 Å². The number of esters is 1. The van der Waals surface area contributed by atoms with Gasteiger partial charge in [-0.1, -0.05) is 12.1 Å². The highest BCUT2D eigenvalue weighted by atomic mass is 19.3. The normalized spacial score (nSPS) is 10.6. The molecule has 2 rings (SSSR count). The summed E-state index contributed by atoms with van der Waals surface area (Å²) in [5, 5.41) is 2.62. The van der Waals surface area contributed by atoms with Crippen LogP contribution >= 0.6 is 0 Å². The zero-order valence-corrected chi connectivity index (χ0v) is 14.0. The number of halogens is 2. The van der Waals surface area contributed by atoms with Crippen LogP contribution in [0.2, 0.25) is 0 Å². The second kappa shape index (κ2) is 10.2. The highest BCUT2D eigenvalue weighted by Crippen LogP contribution is 2.14. The summed E-state index contributed by atoms with van der Waals surface area (Å²) in [7, 11) is 0. The second-order valence-electron chi connectivity index (χ2n) is 5.36. The maximum Gasteiger partial charge on any atom is 0.387 e. The number of benzene rings is 1. The van der Waals surface area contributed by atoms with Crippen LogP contribution in [0.5, 0.6) is 5.75 Å². The van der Waals surface area contributed by atoms with Crippen LogP contribution in [-0.2, 0) is 27.2 Å². The average molecular weight is 367 g/mol. The van der Waals surface area contributed by atoms with E-state index in [2.05, 4.69) is 10.1 Å². The number of nitrogens with one attached hydrogen (secondary N) is 1. The molecule has 1 aromatic heterocycles. The van der Waals surface area contributed by atoms with Crippen molar-refractivity contribution in [3.63, 3.8) is 0 Å². The van der Waals surface area contributed by atoms with Gasteiger partial charge in [0.25, 0.3) is 5.91 Å². The first kappa shape index (κ1) is 19.4. The Kier molecular flexibility index (Phi) is 7.60. The van der Waals surface area contributed by atoms with Crippen molar-refractivity contribution in [2.24, 2.45) is 0 Å². The smallest absolute Gasteiger partial charge is 0.387 e. The lowest BCUT2D eigenvalue weighted by Crippen LogP contribution is -2.30. The highest BCUT2D eigenvalue weighted by Gasteiger charge is 2.09. The van der Waals surface area contributed by atoms with Gasteiger partial charge in [0, 0.05) is 13.0 Å². The van der Waals surface area contributed by atoms with Crippen molar-refractivity contribution in [1.82, 2.24) is 5.32 Å². The Balaban J connectivity index is 1.58. The quantitative estimate of drug-likeness (QED) is 0.654. The summed E-state index contributed by atoms with van der Waals surface area (Å²) < 4.78 is 38.3. The Labute approximate surface area is 149 Å². The molecule has 0 atom stereocenters. The number of hydrogen-bond donors (Lipinski definition) is 1. The molecular weight excluding hydrogens is 348 g/mol. The molecule has 1 N–H and O–H groups in total. The summed E-state index contributed by atoms with van der Waals surface area (Å²) in [6, 6.07) is 9.63. The lowest BCUT2D eigenvalue weighted by Gasteiger charge is -2.08. The Morgan fingerprint density at radius 3 is 2.54 bits per heavy atom. The Morgan fingerprint density at radius 1 is 1.12 bits per heavy atom. The minimum Gasteiger partial charge on any atom is -0.469 e. The van der Waals surface area contributed by atoms with E-state index < -0.39 is 18.5 Å². The summed E-state index contributed by atoms with van der Waals surface area (Å²) in [6.45, 7) is -2.88. The van der Waals surface area contributed by atoms with E-state index in [-0.39, 0.29) is 18.8 Å². The zero-order valence-electron chi connectivity index (χ0n) is 14.0. The molecule has 0 aliphatic carbocycles. The van der Waals surface area contributed by atoms with Crippen LogP contribution in [0.3, 0.4) is 0 Å². The summed E-state index contributed by atoms with van der Waals surface area (Å²) in [4.78, 5) is 23.2. The van der Waals surface area contributed by atoms with E-state index >= 15 is 0 Å². The molecule has 8 heteroatoms. The number of ether oxygens (including phenoxy) is 2. The van der Waals surface area contributed by atoms with Crippen molar-refractivity contribution in [2.45, 2.75) is 25.9 Å². The largest absolute Gasteiger partial charge is 0.469 e. The molecule has 26 heavy (non-hydrogen) atoms. The predicted octanol–water partition coefficient (Wildman–Crippen LogP) is 2.72. The first-order valence-corrected chi connectivity index (χ1v) is 8.01. The lowest BCUT2D eigenvalue weighted by atomic mass is 10.1. The van der Waals surface area contributed by atoms with Gasteiger partial charge in [-0.3, -0.25) is 9.59 Å². The fraction of sp³-hybridized carbons (Fsp3) is 0.333. The monoisotopic (exact) mass is 367 g/mol. The Hall–Kier alpha value is -2.90. The van der Waals surface area contributed by atoms with Crippen molar-refractivity contribution in [3.05, 3.63) is 54.0 Å². The number of hydrogen-bond acceptors (Lipinski definition) is 5. The fourth-order valence-corrected chi connectivity index (χ4v) is 2.13. The summed E-state index contributed by atoms with van der Waals surface area (Å²) in [5.74, 6) is -0.134. The van der Waals surface area contributed by atoms with Gasteiger partial charge < -0.3 is 19.2 Å². The molecule has 6 nitrogen and oxygen atoms in total. The number of carbonyl (C=O) groups is 2. The van der Waals surface area contributed by atoms with E-state index in [4.69, 9.17) is 9.15 Å². The number of rotatable bonds is 10. The van der Waals surface area contributed by atoms with Crippen molar-refractivity contribution in [1.29, 1.82) is 0 Å². The van der Waals surface area contributed by atoms with Crippen LogP contribution in [0.4, 0.5) is 8.78 Å². The van der Waals surface area contributed by atoms with Crippen LogP contribution in [0.15, 0.2) is 47.1 Å². The van der Waals surface area contributed by atoms with Gasteiger partial charge in [0.1, 0.15) is 11.5 Å². The van der Waals surface area contributed by atoms with Crippen LogP contribution in [-0.4, -0.2) is 31.6 Å². The van der Waals surface area contributed by atoms with Gasteiger partial charge >= 0.3 is 12.6 Å². The van der Waals surface area contributed by atoms with Crippen molar-refractivity contribution in [3.8, 4) is 5.75 Å². The van der Waals surface area contributed by atoms with E-state index in [1.165, 1.54) is 18.4 Å². The van der Waals surface area contributed by atoms with Crippen molar-refractivity contribution < 1.29 is 32.3 Å². The van der Waals surface area contributed by atoms with E-state index in [0.717, 1.165) is 5.56 Å². The molecule has 140 valence electrons. The van der Waals surface area contributed by atoms with Crippen molar-refractivity contribution >= 4 is 11.9 Å². The third kappa shape index (κ3) is 7.33. The fourth-order valence-electron chi connectivity index (χ4n) is 2.13. The molecule has 0 saturated carbocycles. The van der Waals surface area contributed by atoms with Gasteiger partial charge in [-0.25, -0.2) is 0 Å². The maximum absolute atomic E-state index is 12.1. The molecule has 1 aromatic carbocycles. The molecule has 0 fully saturated rings. The van der Waals surface area contributed by atoms with Crippen LogP contribution in [0.25, 0.3) is 0 Å². The molecule has 0 bridgehead atoms. The predicted molar refractivity (Wildman–Crippen MR) is 87.8 cm³/mol. The minimum absolute atomic E-state index is 0.0780. The molecular formula is C18H19F2NO5. The van der Waals surface area contributed by atoms with E-state index in [0.29, 0.717) is 25.1 Å². The van der Waals surface area contributed by atoms with Gasteiger partial charge in [0.15, 0.2) is 6.61 Å². The van der Waals surface area contributed by atoms with Crippen LogP contribution in [0.1, 0.15) is 17.7 Å². The van der Waals surface area contributed by atoms with Gasteiger partial charge in [-0.2, -0.15) is 8.78 Å². The zero-order chi connectivity index (χ0) is 18.8. The minimum atomic E-state index is -2.86. The van der Waals surface area contributed by atoms with Crippen LogP contribution < -0.4 is 10.1 Å². The van der Waals surface area contributed by atoms with E-state index in [9.17, 15) is 18.4 Å². The maximum atomic E-state index is 12.1. The van der Waals surface area contributed by atoms with Gasteiger partial charge in [0.2, 0.25) is 0 Å². The Bertz CT molecular complexity index is 686. The molecule has 1 amide bonds. The highest BCUT2D eigenvalue weighted by molar-refractivity contribution is 5.80. The molecule has 2 aromatic rings. The van der Waals surface area contributed by atoms with E-state index in [1.807, 2.05) is 0 Å².